The van der Waals surface area contributed by atoms with Crippen LogP contribution in [0.5, 0.6) is 5.75 Å². The largest absolute Gasteiger partial charge is 0.867 e. The van der Waals surface area contributed by atoms with Gasteiger partial charge in [-0.25, -0.2) is 0 Å². The monoisotopic (exact) mass is 363 g/mol. The van der Waals surface area contributed by atoms with Gasteiger partial charge in [0.25, 0.3) is 5.69 Å². The van der Waals surface area contributed by atoms with Crippen LogP contribution >= 0.6 is 0 Å². The van der Waals surface area contributed by atoms with Gasteiger partial charge in [-0.3, -0.25) is 15.1 Å². The summed E-state index contributed by atoms with van der Waals surface area (Å²) in [5.74, 6) is 0.216. The van der Waals surface area contributed by atoms with Crippen molar-refractivity contribution in [1.82, 2.24) is 0 Å². The first-order chi connectivity index (χ1) is 13.0. The van der Waals surface area contributed by atoms with Crippen LogP contribution in [0.1, 0.15) is 40.9 Å². The van der Waals surface area contributed by atoms with Crippen LogP contribution in [0, 0.1) is 24.0 Å². The van der Waals surface area contributed by atoms with E-state index in [9.17, 15) is 15.2 Å². The predicted octanol–water partition coefficient (Wildman–Crippen LogP) is 4.66. The van der Waals surface area contributed by atoms with Gasteiger partial charge in [0.15, 0.2) is 0 Å². The number of rotatable bonds is 3. The molecule has 6 nitrogen and oxygen atoms in total. The van der Waals surface area contributed by atoms with Gasteiger partial charge in [0.05, 0.1) is 16.7 Å². The highest BCUT2D eigenvalue weighted by Crippen LogP contribution is 2.40. The van der Waals surface area contributed by atoms with Gasteiger partial charge in [-0.1, -0.05) is 12.1 Å². The maximum Gasteiger partial charge on any atom is 0.266 e. The number of hydrogen-bond acceptors (Lipinski definition) is 5. The Balaban J connectivity index is 1.95. The molecule has 1 aliphatic carbocycles. The zero-order valence-electron chi connectivity index (χ0n) is 15.2. The van der Waals surface area contributed by atoms with E-state index in [4.69, 9.17) is 4.42 Å². The molecule has 0 saturated carbocycles. The fourth-order valence-corrected chi connectivity index (χ4v) is 3.68. The lowest BCUT2D eigenvalue weighted by Crippen LogP contribution is -2.04. The predicted molar refractivity (Wildman–Crippen MR) is 102 cm³/mol. The van der Waals surface area contributed by atoms with Gasteiger partial charge in [-0.05, 0) is 56.1 Å². The number of fused-ring (bicyclic) bond motifs is 3. The van der Waals surface area contributed by atoms with E-state index in [0.29, 0.717) is 11.0 Å². The number of benzene rings is 2. The number of hydrogen-bond donors (Lipinski definition) is 0. The maximum absolute atomic E-state index is 12.8. The summed E-state index contributed by atoms with van der Waals surface area (Å²) in [7, 11) is 0. The SMILES string of the molecule is Cc1ccc(C)c(N=Cc2c([O-])c([N+](=O)[O-])cc3oc4c(c23)CCCC4)c1. The lowest BCUT2D eigenvalue weighted by Gasteiger charge is -2.14. The van der Waals surface area contributed by atoms with Gasteiger partial charge in [-0.15, -0.1) is 0 Å². The third kappa shape index (κ3) is 2.97. The van der Waals surface area contributed by atoms with Crippen LogP contribution in [0.4, 0.5) is 11.4 Å². The molecule has 0 unspecified atom stereocenters. The van der Waals surface area contributed by atoms with E-state index in [1.165, 1.54) is 12.3 Å². The fourth-order valence-electron chi connectivity index (χ4n) is 3.68. The Morgan fingerprint density at radius 3 is 2.74 bits per heavy atom. The Kier molecular flexibility index (Phi) is 4.18. The summed E-state index contributed by atoms with van der Waals surface area (Å²) in [5, 5.41) is 24.8. The Bertz CT molecular complexity index is 1100. The number of aliphatic imine (C=N–C) groups is 1. The van der Waals surface area contributed by atoms with Gasteiger partial charge in [0, 0.05) is 29.1 Å². The minimum atomic E-state index is -0.654. The van der Waals surface area contributed by atoms with Gasteiger partial charge >= 0.3 is 0 Å². The standard InChI is InChI=1S/C21H20N2O4/c1-12-7-8-13(2)16(9-12)22-11-15-20-14-5-3-4-6-18(14)27-19(20)10-17(21(15)24)23(25)26/h7-11,24H,3-6H2,1-2H3/p-1. The topological polar surface area (TPSA) is 91.7 Å². The molecule has 6 heteroatoms. The number of nitro groups is 1. The maximum atomic E-state index is 12.8. The zero-order chi connectivity index (χ0) is 19.1. The molecule has 1 aromatic heterocycles. The van der Waals surface area contributed by atoms with Crippen molar-refractivity contribution in [2.24, 2.45) is 4.99 Å². The molecule has 0 fully saturated rings. The minimum Gasteiger partial charge on any atom is -0.867 e. The van der Waals surface area contributed by atoms with Crippen molar-refractivity contribution in [2.45, 2.75) is 39.5 Å². The lowest BCUT2D eigenvalue weighted by atomic mass is 9.93. The molecule has 0 aliphatic heterocycles. The average Bonchev–Trinajstić information content (AvgIpc) is 3.01. The summed E-state index contributed by atoms with van der Waals surface area (Å²) >= 11 is 0. The molecule has 0 radical (unpaired) electrons. The van der Waals surface area contributed by atoms with Crippen molar-refractivity contribution >= 4 is 28.6 Å². The number of nitro benzene ring substituents is 1. The van der Waals surface area contributed by atoms with Crippen molar-refractivity contribution in [1.29, 1.82) is 0 Å². The molecule has 0 bridgehead atoms. The van der Waals surface area contributed by atoms with E-state index < -0.39 is 16.4 Å². The van der Waals surface area contributed by atoms with E-state index in [2.05, 4.69) is 4.99 Å². The third-order valence-corrected chi connectivity index (χ3v) is 5.11. The van der Waals surface area contributed by atoms with Crippen molar-refractivity contribution in [2.75, 3.05) is 0 Å². The Hall–Kier alpha value is -3.15. The summed E-state index contributed by atoms with van der Waals surface area (Å²) in [6, 6.07) is 7.13. The summed E-state index contributed by atoms with van der Waals surface area (Å²) in [5.41, 5.74) is 3.93. The smallest absolute Gasteiger partial charge is 0.266 e. The Morgan fingerprint density at radius 2 is 1.96 bits per heavy atom. The van der Waals surface area contributed by atoms with Gasteiger partial charge < -0.3 is 9.52 Å². The van der Waals surface area contributed by atoms with Crippen LogP contribution in [0.3, 0.4) is 0 Å². The molecule has 0 amide bonds. The lowest BCUT2D eigenvalue weighted by molar-refractivity contribution is -0.398. The molecule has 0 saturated heterocycles. The van der Waals surface area contributed by atoms with Crippen LogP contribution in [0.2, 0.25) is 0 Å². The first-order valence-electron chi connectivity index (χ1n) is 8.99. The van der Waals surface area contributed by atoms with E-state index >= 15 is 0 Å². The van der Waals surface area contributed by atoms with Gasteiger partial charge in [0.1, 0.15) is 11.3 Å². The molecule has 4 rings (SSSR count). The third-order valence-electron chi connectivity index (χ3n) is 5.11. The second-order valence-electron chi connectivity index (χ2n) is 7.03. The minimum absolute atomic E-state index is 0.243. The van der Waals surface area contributed by atoms with Crippen LogP contribution in [-0.2, 0) is 12.8 Å². The van der Waals surface area contributed by atoms with Crippen LogP contribution in [0.15, 0.2) is 33.7 Å². The molecular weight excluding hydrogens is 344 g/mol. The molecular formula is C21H19N2O4-. The van der Waals surface area contributed by atoms with Crippen molar-refractivity contribution in [3.8, 4) is 5.75 Å². The second-order valence-corrected chi connectivity index (χ2v) is 7.03. The highest BCUT2D eigenvalue weighted by Gasteiger charge is 2.24. The van der Waals surface area contributed by atoms with E-state index in [0.717, 1.165) is 53.8 Å². The Morgan fingerprint density at radius 1 is 1.19 bits per heavy atom. The fraction of sp³-hybridized carbons (Fsp3) is 0.286. The molecule has 138 valence electrons. The first kappa shape index (κ1) is 17.3. The molecule has 3 aromatic rings. The zero-order valence-corrected chi connectivity index (χ0v) is 15.2. The molecule has 0 atom stereocenters. The number of aryl methyl sites for hydroxylation is 4. The summed E-state index contributed by atoms with van der Waals surface area (Å²) in [6.07, 6.45) is 5.10. The van der Waals surface area contributed by atoms with E-state index in [-0.39, 0.29) is 5.56 Å². The Labute approximate surface area is 156 Å². The highest BCUT2D eigenvalue weighted by atomic mass is 16.6. The second kappa shape index (κ2) is 6.54. The summed E-state index contributed by atoms with van der Waals surface area (Å²) in [4.78, 5) is 15.2. The molecule has 2 aromatic carbocycles. The normalized spacial score (nSPS) is 14.0. The van der Waals surface area contributed by atoms with Crippen molar-refractivity contribution in [3.05, 3.63) is 62.4 Å². The van der Waals surface area contributed by atoms with Crippen LogP contribution in [0.25, 0.3) is 11.0 Å². The van der Waals surface area contributed by atoms with Crippen molar-refractivity contribution in [3.63, 3.8) is 0 Å². The number of nitrogens with zero attached hydrogens (tertiary/aromatic N) is 2. The molecule has 27 heavy (non-hydrogen) atoms. The quantitative estimate of drug-likeness (QED) is 0.384. The van der Waals surface area contributed by atoms with Crippen LogP contribution < -0.4 is 5.11 Å². The van der Waals surface area contributed by atoms with Gasteiger partial charge in [-0.2, -0.15) is 0 Å². The summed E-state index contributed by atoms with van der Waals surface area (Å²) < 4.78 is 5.87. The average molecular weight is 363 g/mol. The first-order valence-corrected chi connectivity index (χ1v) is 8.99. The molecule has 1 aliphatic rings. The van der Waals surface area contributed by atoms with Crippen molar-refractivity contribution < 1.29 is 14.4 Å². The molecule has 1 heterocycles. The van der Waals surface area contributed by atoms with Crippen LogP contribution in [-0.4, -0.2) is 11.1 Å². The van der Waals surface area contributed by atoms with Gasteiger partial charge in [0.2, 0.25) is 0 Å². The highest BCUT2D eigenvalue weighted by molar-refractivity contribution is 6.05. The van der Waals surface area contributed by atoms with E-state index in [1.807, 2.05) is 32.0 Å². The summed E-state index contributed by atoms with van der Waals surface area (Å²) in [6.45, 7) is 3.91. The molecule has 0 N–H and O–H groups in total. The number of furan rings is 1. The molecule has 0 spiro atoms. The van der Waals surface area contributed by atoms with E-state index in [1.54, 1.807) is 0 Å².